The molecular formula is C17H21FN2OS. The van der Waals surface area contributed by atoms with E-state index >= 15 is 0 Å². The van der Waals surface area contributed by atoms with Crippen molar-refractivity contribution in [3.05, 3.63) is 58.0 Å². The number of likely N-dealkylation sites (N-methyl/N-ethyl adjacent to an activating group) is 2. The quantitative estimate of drug-likeness (QED) is 0.781. The molecule has 3 nitrogen and oxygen atoms in total. The van der Waals surface area contributed by atoms with Crippen molar-refractivity contribution in [3.63, 3.8) is 0 Å². The molecule has 1 aromatic heterocycles. The van der Waals surface area contributed by atoms with Crippen molar-refractivity contribution in [2.45, 2.75) is 20.0 Å². The Kier molecular flexibility index (Phi) is 6.10. The molecule has 0 atom stereocenters. The highest BCUT2D eigenvalue weighted by Crippen LogP contribution is 2.12. The summed E-state index contributed by atoms with van der Waals surface area (Å²) in [4.78, 5) is 17.2. The lowest BCUT2D eigenvalue weighted by Crippen LogP contribution is -2.37. The summed E-state index contributed by atoms with van der Waals surface area (Å²) in [5.41, 5.74) is 0.885. The van der Waals surface area contributed by atoms with Crippen LogP contribution >= 0.6 is 11.3 Å². The molecule has 0 spiro atoms. The standard InChI is InChI=1S/C17H21FN2OS/c1-3-20(11-14-6-4-7-15(18)10-14)13-17(21)19(2)12-16-8-5-9-22-16/h4-10H,3,11-13H2,1-2H3. The largest absolute Gasteiger partial charge is 0.340 e. The molecule has 0 aliphatic carbocycles. The zero-order valence-corrected chi connectivity index (χ0v) is 13.8. The number of rotatable bonds is 7. The molecule has 0 aliphatic rings. The van der Waals surface area contributed by atoms with Crippen LogP contribution < -0.4 is 0 Å². The van der Waals surface area contributed by atoms with E-state index in [4.69, 9.17) is 0 Å². The molecule has 2 rings (SSSR count). The van der Waals surface area contributed by atoms with Crippen molar-refractivity contribution in [2.75, 3.05) is 20.1 Å². The molecule has 1 aromatic carbocycles. The minimum atomic E-state index is -0.241. The van der Waals surface area contributed by atoms with Gasteiger partial charge in [-0.2, -0.15) is 0 Å². The lowest BCUT2D eigenvalue weighted by Gasteiger charge is -2.23. The van der Waals surface area contributed by atoms with Crippen LogP contribution in [0.25, 0.3) is 0 Å². The van der Waals surface area contributed by atoms with Gasteiger partial charge in [0.25, 0.3) is 0 Å². The summed E-state index contributed by atoms with van der Waals surface area (Å²) >= 11 is 1.65. The lowest BCUT2D eigenvalue weighted by molar-refractivity contribution is -0.131. The zero-order chi connectivity index (χ0) is 15.9. The first kappa shape index (κ1) is 16.6. The third kappa shape index (κ3) is 4.93. The molecular weight excluding hydrogens is 299 g/mol. The van der Waals surface area contributed by atoms with Gasteiger partial charge >= 0.3 is 0 Å². The van der Waals surface area contributed by atoms with Gasteiger partial charge < -0.3 is 4.90 Å². The van der Waals surface area contributed by atoms with Gasteiger partial charge in [0.05, 0.1) is 13.1 Å². The normalized spacial score (nSPS) is 10.9. The maximum atomic E-state index is 13.2. The summed E-state index contributed by atoms with van der Waals surface area (Å²) in [6, 6.07) is 10.5. The molecule has 0 bridgehead atoms. The lowest BCUT2D eigenvalue weighted by atomic mass is 10.2. The first-order valence-corrected chi connectivity index (χ1v) is 8.19. The minimum absolute atomic E-state index is 0.0756. The Labute approximate surface area is 135 Å². The number of hydrogen-bond acceptors (Lipinski definition) is 3. The second-order valence-electron chi connectivity index (χ2n) is 5.26. The average Bonchev–Trinajstić information content (AvgIpc) is 2.99. The molecule has 118 valence electrons. The van der Waals surface area contributed by atoms with Crippen molar-refractivity contribution >= 4 is 17.2 Å². The van der Waals surface area contributed by atoms with Gasteiger partial charge in [0.2, 0.25) is 5.91 Å². The van der Waals surface area contributed by atoms with Crippen molar-refractivity contribution in [2.24, 2.45) is 0 Å². The number of amides is 1. The van der Waals surface area contributed by atoms with Crippen LogP contribution in [-0.2, 0) is 17.9 Å². The third-order valence-corrected chi connectivity index (χ3v) is 4.36. The fourth-order valence-corrected chi connectivity index (χ4v) is 2.97. The van der Waals surface area contributed by atoms with Crippen LogP contribution in [0.2, 0.25) is 0 Å². The second kappa shape index (κ2) is 8.06. The summed E-state index contributed by atoms with van der Waals surface area (Å²) in [5.74, 6) is -0.165. The Morgan fingerprint density at radius 2 is 2.05 bits per heavy atom. The molecule has 0 saturated carbocycles. The number of hydrogen-bond donors (Lipinski definition) is 0. The van der Waals surface area contributed by atoms with Gasteiger partial charge in [0.15, 0.2) is 0 Å². The van der Waals surface area contributed by atoms with Crippen LogP contribution in [0.4, 0.5) is 4.39 Å². The van der Waals surface area contributed by atoms with Crippen LogP contribution in [0.3, 0.4) is 0 Å². The Morgan fingerprint density at radius 3 is 2.68 bits per heavy atom. The molecule has 0 radical (unpaired) electrons. The van der Waals surface area contributed by atoms with Gasteiger partial charge in [0, 0.05) is 18.5 Å². The van der Waals surface area contributed by atoms with Crippen molar-refractivity contribution in [3.8, 4) is 0 Å². The maximum absolute atomic E-state index is 13.2. The molecule has 2 aromatic rings. The van der Waals surface area contributed by atoms with Gasteiger partial charge in [-0.3, -0.25) is 9.69 Å². The highest BCUT2D eigenvalue weighted by atomic mass is 32.1. The predicted octanol–water partition coefficient (Wildman–Crippen LogP) is 3.37. The first-order valence-electron chi connectivity index (χ1n) is 7.31. The summed E-state index contributed by atoms with van der Waals surface area (Å²) in [6.07, 6.45) is 0. The number of benzene rings is 1. The van der Waals surface area contributed by atoms with E-state index in [1.54, 1.807) is 22.3 Å². The highest BCUT2D eigenvalue weighted by Gasteiger charge is 2.14. The van der Waals surface area contributed by atoms with Gasteiger partial charge in [-0.25, -0.2) is 4.39 Å². The Bertz CT molecular complexity index is 600. The summed E-state index contributed by atoms with van der Waals surface area (Å²) in [6.45, 7) is 4.30. The van der Waals surface area contributed by atoms with Gasteiger partial charge in [-0.15, -0.1) is 11.3 Å². The highest BCUT2D eigenvalue weighted by molar-refractivity contribution is 7.09. The molecule has 5 heteroatoms. The predicted molar refractivity (Wildman–Crippen MR) is 88.1 cm³/mol. The van der Waals surface area contributed by atoms with Crippen molar-refractivity contribution in [1.82, 2.24) is 9.80 Å². The minimum Gasteiger partial charge on any atom is -0.340 e. The van der Waals surface area contributed by atoms with Gasteiger partial charge in [-0.1, -0.05) is 25.1 Å². The number of halogens is 1. The van der Waals surface area contributed by atoms with E-state index in [0.717, 1.165) is 12.1 Å². The molecule has 0 aliphatic heterocycles. The van der Waals surface area contributed by atoms with E-state index in [9.17, 15) is 9.18 Å². The summed E-state index contributed by atoms with van der Waals surface area (Å²) in [5, 5.41) is 2.01. The first-order chi connectivity index (χ1) is 10.6. The van der Waals surface area contributed by atoms with Gasteiger partial charge in [0.1, 0.15) is 5.82 Å². The second-order valence-corrected chi connectivity index (χ2v) is 6.29. The molecule has 0 fully saturated rings. The zero-order valence-electron chi connectivity index (χ0n) is 13.0. The average molecular weight is 320 g/mol. The van der Waals surface area contributed by atoms with Crippen molar-refractivity contribution < 1.29 is 9.18 Å². The smallest absolute Gasteiger partial charge is 0.236 e. The number of thiophene rings is 1. The number of carbonyl (C=O) groups is 1. The molecule has 0 saturated heterocycles. The third-order valence-electron chi connectivity index (χ3n) is 3.50. The van der Waals surface area contributed by atoms with E-state index in [0.29, 0.717) is 19.6 Å². The van der Waals surface area contributed by atoms with Crippen LogP contribution in [0, 0.1) is 5.82 Å². The summed E-state index contributed by atoms with van der Waals surface area (Å²) < 4.78 is 13.2. The molecule has 1 heterocycles. The number of nitrogens with zero attached hydrogens (tertiary/aromatic N) is 2. The van der Waals surface area contributed by atoms with E-state index < -0.39 is 0 Å². The molecule has 1 amide bonds. The maximum Gasteiger partial charge on any atom is 0.236 e. The van der Waals surface area contributed by atoms with Gasteiger partial charge in [-0.05, 0) is 35.7 Å². The Balaban J connectivity index is 1.90. The van der Waals surface area contributed by atoms with E-state index in [1.165, 1.54) is 17.0 Å². The van der Waals surface area contributed by atoms with E-state index in [1.807, 2.05) is 42.5 Å². The number of carbonyl (C=O) groups excluding carboxylic acids is 1. The monoisotopic (exact) mass is 320 g/mol. The van der Waals surface area contributed by atoms with Crippen LogP contribution in [0.15, 0.2) is 41.8 Å². The molecule has 0 N–H and O–H groups in total. The fraction of sp³-hybridized carbons (Fsp3) is 0.353. The van der Waals surface area contributed by atoms with Crippen LogP contribution in [0.1, 0.15) is 17.4 Å². The van der Waals surface area contributed by atoms with E-state index in [2.05, 4.69) is 0 Å². The Hall–Kier alpha value is -1.72. The van der Waals surface area contributed by atoms with Crippen molar-refractivity contribution in [1.29, 1.82) is 0 Å². The van der Waals surface area contributed by atoms with Crippen LogP contribution in [0.5, 0.6) is 0 Å². The topological polar surface area (TPSA) is 23.6 Å². The fourth-order valence-electron chi connectivity index (χ4n) is 2.21. The Morgan fingerprint density at radius 1 is 1.23 bits per heavy atom. The summed E-state index contributed by atoms with van der Waals surface area (Å²) in [7, 11) is 1.82. The SMILES string of the molecule is CCN(CC(=O)N(C)Cc1cccs1)Cc1cccc(F)c1. The van der Waals surface area contributed by atoms with Crippen LogP contribution in [-0.4, -0.2) is 35.8 Å². The molecule has 22 heavy (non-hydrogen) atoms. The van der Waals surface area contributed by atoms with E-state index in [-0.39, 0.29) is 11.7 Å². The molecule has 0 unspecified atom stereocenters.